The first-order valence-corrected chi connectivity index (χ1v) is 8.91. The molecular weight excluding hydrogens is 447 g/mol. The minimum absolute atomic E-state index is 0. The van der Waals surface area contributed by atoms with Crippen LogP contribution in [-0.4, -0.2) is 36.7 Å². The van der Waals surface area contributed by atoms with Crippen molar-refractivity contribution in [3.05, 3.63) is 39.9 Å². The van der Waals surface area contributed by atoms with Crippen molar-refractivity contribution in [2.45, 2.75) is 45.8 Å². The zero-order chi connectivity index (χ0) is 18.1. The molecule has 1 aliphatic rings. The van der Waals surface area contributed by atoms with Gasteiger partial charge in [0, 0.05) is 31.8 Å². The Bertz CT molecular complexity index is 572. The Labute approximate surface area is 172 Å². The number of rotatable bonds is 7. The summed E-state index contributed by atoms with van der Waals surface area (Å²) in [6.07, 6.45) is 3.66. The topological polar surface area (TPSA) is 88.8 Å². The van der Waals surface area contributed by atoms with Crippen LogP contribution in [0.25, 0.3) is 0 Å². The second kappa shape index (κ2) is 12.1. The van der Waals surface area contributed by atoms with Gasteiger partial charge in [-0.25, -0.2) is 4.99 Å². The number of non-ortho nitro benzene ring substituents is 1. The molecule has 2 N–H and O–H groups in total. The lowest BCUT2D eigenvalue weighted by Gasteiger charge is -2.24. The van der Waals surface area contributed by atoms with Gasteiger partial charge < -0.3 is 15.4 Å². The number of aliphatic imine (C=N–C) groups is 1. The number of nitrogens with zero attached hydrogens (tertiary/aromatic N) is 2. The predicted molar refractivity (Wildman–Crippen MR) is 114 cm³/mol. The number of hydrogen-bond donors (Lipinski definition) is 2. The van der Waals surface area contributed by atoms with Crippen molar-refractivity contribution in [3.8, 4) is 0 Å². The van der Waals surface area contributed by atoms with E-state index in [2.05, 4.69) is 29.5 Å². The Morgan fingerprint density at radius 2 is 2.04 bits per heavy atom. The van der Waals surface area contributed by atoms with E-state index in [1.807, 2.05) is 0 Å². The smallest absolute Gasteiger partial charge is 0.269 e. The third-order valence-corrected chi connectivity index (χ3v) is 4.02. The molecule has 146 valence electrons. The van der Waals surface area contributed by atoms with E-state index in [0.717, 1.165) is 44.1 Å². The van der Waals surface area contributed by atoms with Crippen LogP contribution >= 0.6 is 24.0 Å². The van der Waals surface area contributed by atoms with Crippen molar-refractivity contribution in [2.24, 2.45) is 10.9 Å². The fourth-order valence-corrected chi connectivity index (χ4v) is 2.55. The second-order valence-corrected chi connectivity index (χ2v) is 6.73. The van der Waals surface area contributed by atoms with Crippen LogP contribution in [0, 0.1) is 16.0 Å². The number of hydrogen-bond acceptors (Lipinski definition) is 4. The highest BCUT2D eigenvalue weighted by Gasteiger charge is 2.14. The number of nitrogens with one attached hydrogen (secondary N) is 2. The summed E-state index contributed by atoms with van der Waals surface area (Å²) in [6, 6.07) is 6.50. The summed E-state index contributed by atoms with van der Waals surface area (Å²) in [4.78, 5) is 14.9. The Balaban J connectivity index is 0.00000338. The molecule has 7 nitrogen and oxygen atoms in total. The molecule has 0 saturated carbocycles. The average Bonchev–Trinajstić information content (AvgIpc) is 2.62. The third-order valence-electron chi connectivity index (χ3n) is 4.02. The fraction of sp³-hybridized carbons (Fsp3) is 0.611. The van der Waals surface area contributed by atoms with Gasteiger partial charge in [-0.3, -0.25) is 10.1 Å². The molecular formula is C18H29IN4O3. The third kappa shape index (κ3) is 8.31. The molecule has 1 unspecified atom stereocenters. The van der Waals surface area contributed by atoms with Crippen molar-refractivity contribution in [1.82, 2.24) is 10.6 Å². The maximum atomic E-state index is 10.7. The molecule has 8 heteroatoms. The van der Waals surface area contributed by atoms with E-state index in [-0.39, 0.29) is 35.8 Å². The summed E-state index contributed by atoms with van der Waals surface area (Å²) >= 11 is 0. The van der Waals surface area contributed by atoms with Crippen LogP contribution < -0.4 is 10.6 Å². The molecule has 1 aromatic carbocycles. The molecule has 0 spiro atoms. The van der Waals surface area contributed by atoms with Gasteiger partial charge in [0.15, 0.2) is 5.96 Å². The molecule has 26 heavy (non-hydrogen) atoms. The summed E-state index contributed by atoms with van der Waals surface area (Å²) in [7, 11) is 0. The molecule has 0 radical (unpaired) electrons. The Morgan fingerprint density at radius 3 is 2.62 bits per heavy atom. The average molecular weight is 476 g/mol. The number of nitro groups is 1. The van der Waals surface area contributed by atoms with Gasteiger partial charge >= 0.3 is 0 Å². The molecule has 0 amide bonds. The lowest BCUT2D eigenvalue weighted by Crippen LogP contribution is -2.43. The minimum atomic E-state index is -0.394. The van der Waals surface area contributed by atoms with Gasteiger partial charge in [0.25, 0.3) is 5.69 Å². The maximum absolute atomic E-state index is 10.7. The van der Waals surface area contributed by atoms with Crippen molar-refractivity contribution >= 4 is 35.6 Å². The van der Waals surface area contributed by atoms with Gasteiger partial charge in [-0.2, -0.15) is 0 Å². The first-order chi connectivity index (χ1) is 12.0. The van der Waals surface area contributed by atoms with Gasteiger partial charge in [0.1, 0.15) is 0 Å². The standard InChI is InChI=1S/C18H28N4O3.HI/c1-14(2)11-19-18(21-13-17-5-3-4-10-25-17)20-12-15-6-8-16(9-7-15)22(23)24;/h6-9,14,17H,3-5,10-13H2,1-2H3,(H2,19,20,21);1H. The van der Waals surface area contributed by atoms with Gasteiger partial charge in [-0.05, 0) is 30.7 Å². The molecule has 1 aliphatic heterocycles. The lowest BCUT2D eigenvalue weighted by atomic mass is 10.1. The Hall–Kier alpha value is -1.42. The van der Waals surface area contributed by atoms with E-state index in [4.69, 9.17) is 4.74 Å². The molecule has 1 saturated heterocycles. The van der Waals surface area contributed by atoms with E-state index in [1.54, 1.807) is 12.1 Å². The molecule has 0 aromatic heterocycles. The van der Waals surface area contributed by atoms with Crippen molar-refractivity contribution in [2.75, 3.05) is 19.7 Å². The normalized spacial score (nSPS) is 17.5. The molecule has 1 fully saturated rings. The highest BCUT2D eigenvalue weighted by molar-refractivity contribution is 14.0. The number of guanidine groups is 1. The first-order valence-electron chi connectivity index (χ1n) is 8.91. The van der Waals surface area contributed by atoms with Gasteiger partial charge in [0.05, 0.1) is 17.6 Å². The van der Waals surface area contributed by atoms with E-state index in [0.29, 0.717) is 12.5 Å². The van der Waals surface area contributed by atoms with Crippen LogP contribution in [-0.2, 0) is 11.3 Å². The van der Waals surface area contributed by atoms with Crippen molar-refractivity contribution in [3.63, 3.8) is 0 Å². The van der Waals surface area contributed by atoms with Gasteiger partial charge in [-0.1, -0.05) is 26.0 Å². The van der Waals surface area contributed by atoms with E-state index in [9.17, 15) is 10.1 Å². The van der Waals surface area contributed by atoms with Gasteiger partial charge in [0.2, 0.25) is 0 Å². The Morgan fingerprint density at radius 1 is 1.31 bits per heavy atom. The predicted octanol–water partition coefficient (Wildman–Crippen LogP) is 3.47. The summed E-state index contributed by atoms with van der Waals surface area (Å²) in [6.45, 7) is 7.16. The van der Waals surface area contributed by atoms with E-state index in [1.165, 1.54) is 18.6 Å². The Kier molecular flexibility index (Phi) is 10.5. The highest BCUT2D eigenvalue weighted by atomic mass is 127. The summed E-state index contributed by atoms with van der Waals surface area (Å²) < 4.78 is 5.74. The SMILES string of the molecule is CC(C)CNC(=NCc1ccc([N+](=O)[O-])cc1)NCC1CCCCO1.I. The monoisotopic (exact) mass is 476 g/mol. The first kappa shape index (κ1) is 22.6. The summed E-state index contributed by atoms with van der Waals surface area (Å²) in [5.74, 6) is 1.26. The zero-order valence-electron chi connectivity index (χ0n) is 15.4. The van der Waals surface area contributed by atoms with Crippen LogP contribution in [0.2, 0.25) is 0 Å². The quantitative estimate of drug-likeness (QED) is 0.207. The van der Waals surface area contributed by atoms with Crippen LogP contribution in [0.15, 0.2) is 29.3 Å². The summed E-state index contributed by atoms with van der Waals surface area (Å²) in [5, 5.41) is 17.4. The minimum Gasteiger partial charge on any atom is -0.376 e. The van der Waals surface area contributed by atoms with Crippen LogP contribution in [0.4, 0.5) is 5.69 Å². The number of ether oxygens (including phenoxy) is 1. The van der Waals surface area contributed by atoms with E-state index < -0.39 is 4.92 Å². The van der Waals surface area contributed by atoms with Crippen molar-refractivity contribution < 1.29 is 9.66 Å². The van der Waals surface area contributed by atoms with Gasteiger partial charge in [-0.15, -0.1) is 24.0 Å². The molecule has 0 bridgehead atoms. The maximum Gasteiger partial charge on any atom is 0.269 e. The second-order valence-electron chi connectivity index (χ2n) is 6.73. The zero-order valence-corrected chi connectivity index (χ0v) is 17.8. The summed E-state index contributed by atoms with van der Waals surface area (Å²) in [5.41, 5.74) is 1.03. The highest BCUT2D eigenvalue weighted by Crippen LogP contribution is 2.13. The van der Waals surface area contributed by atoms with Crippen LogP contribution in [0.5, 0.6) is 0 Å². The molecule has 0 aliphatic carbocycles. The molecule has 2 rings (SSSR count). The van der Waals surface area contributed by atoms with Crippen LogP contribution in [0.3, 0.4) is 0 Å². The van der Waals surface area contributed by atoms with E-state index >= 15 is 0 Å². The fourth-order valence-electron chi connectivity index (χ4n) is 2.55. The lowest BCUT2D eigenvalue weighted by molar-refractivity contribution is -0.384. The molecule has 1 heterocycles. The number of benzene rings is 1. The number of halogens is 1. The largest absolute Gasteiger partial charge is 0.376 e. The van der Waals surface area contributed by atoms with Crippen LogP contribution in [0.1, 0.15) is 38.7 Å². The van der Waals surface area contributed by atoms with Crippen molar-refractivity contribution in [1.29, 1.82) is 0 Å². The number of nitro benzene ring substituents is 1. The molecule has 1 aromatic rings. The molecule has 1 atom stereocenters.